The maximum absolute atomic E-state index is 11.8. The van der Waals surface area contributed by atoms with Crippen molar-refractivity contribution in [3.63, 3.8) is 0 Å². The molecule has 8 heteroatoms. The van der Waals surface area contributed by atoms with E-state index in [9.17, 15) is 9.59 Å². The van der Waals surface area contributed by atoms with Crippen molar-refractivity contribution in [3.05, 3.63) is 41.2 Å². The van der Waals surface area contributed by atoms with E-state index in [0.717, 1.165) is 30.8 Å². The number of hydrogen-bond donors (Lipinski definition) is 2. The number of ether oxygens (including phenoxy) is 1. The van der Waals surface area contributed by atoms with Gasteiger partial charge in [0.1, 0.15) is 12.3 Å². The molecular formula is C15H16N4O4. The molecule has 0 radical (unpaired) electrons. The molecule has 0 aliphatic carbocycles. The molecular weight excluding hydrogens is 300 g/mol. The van der Waals surface area contributed by atoms with E-state index in [4.69, 9.17) is 9.84 Å². The first-order valence-electron chi connectivity index (χ1n) is 7.26. The average Bonchev–Trinajstić information content (AvgIpc) is 3.15. The molecule has 1 aromatic carbocycles. The topological polar surface area (TPSA) is 106 Å². The van der Waals surface area contributed by atoms with Crippen LogP contribution in [0.15, 0.2) is 24.4 Å². The first kappa shape index (κ1) is 15.0. The van der Waals surface area contributed by atoms with E-state index in [1.807, 2.05) is 12.1 Å². The van der Waals surface area contributed by atoms with Crippen molar-refractivity contribution in [1.29, 1.82) is 0 Å². The number of aromatic nitrogens is 3. The van der Waals surface area contributed by atoms with E-state index in [2.05, 4.69) is 21.7 Å². The molecule has 1 amide bonds. The zero-order valence-electron chi connectivity index (χ0n) is 12.4. The summed E-state index contributed by atoms with van der Waals surface area (Å²) in [5, 5.41) is 18.6. The number of aromatic carboxylic acids is 1. The zero-order valence-corrected chi connectivity index (χ0v) is 12.4. The number of amides is 1. The Balaban J connectivity index is 1.46. The van der Waals surface area contributed by atoms with Crippen LogP contribution in [-0.2, 0) is 24.2 Å². The number of carbonyl (C=O) groups excluding carboxylic acids is 1. The molecule has 1 aliphatic heterocycles. The Morgan fingerprint density at radius 3 is 3.04 bits per heavy atom. The summed E-state index contributed by atoms with van der Waals surface area (Å²) in [5.74, 6) is -0.466. The highest BCUT2D eigenvalue weighted by molar-refractivity contribution is 5.84. The van der Waals surface area contributed by atoms with Crippen LogP contribution in [0.25, 0.3) is 0 Å². The van der Waals surface area contributed by atoms with Gasteiger partial charge in [-0.3, -0.25) is 4.79 Å². The molecule has 3 rings (SSSR count). The number of carboxylic acid groups (broad SMARTS) is 1. The predicted octanol–water partition coefficient (Wildman–Crippen LogP) is 0.270. The summed E-state index contributed by atoms with van der Waals surface area (Å²) in [6, 6.07) is 6.06. The van der Waals surface area contributed by atoms with Gasteiger partial charge >= 0.3 is 5.97 Å². The van der Waals surface area contributed by atoms with Crippen LogP contribution in [0.2, 0.25) is 0 Å². The standard InChI is InChI=1S/C15H16N4O4/c20-14(9-19-8-12(15(21)22)17-18-19)16-5-3-10-1-2-13-11(7-10)4-6-23-13/h1-2,7-8H,3-6,9H2,(H,16,20)(H,21,22). The lowest BCUT2D eigenvalue weighted by Crippen LogP contribution is -2.29. The van der Waals surface area contributed by atoms with E-state index in [-0.39, 0.29) is 18.1 Å². The molecule has 2 N–H and O–H groups in total. The maximum atomic E-state index is 11.8. The molecule has 23 heavy (non-hydrogen) atoms. The summed E-state index contributed by atoms with van der Waals surface area (Å²) in [6.07, 6.45) is 2.87. The second kappa shape index (κ2) is 6.47. The SMILES string of the molecule is O=C(Cn1cc(C(=O)O)nn1)NCCc1ccc2c(c1)CCO2. The number of carbonyl (C=O) groups is 2. The fourth-order valence-corrected chi connectivity index (χ4v) is 2.42. The molecule has 2 aromatic rings. The van der Waals surface area contributed by atoms with E-state index >= 15 is 0 Å². The van der Waals surface area contributed by atoms with Crippen LogP contribution in [0, 0.1) is 0 Å². The van der Waals surface area contributed by atoms with Crippen molar-refractivity contribution in [3.8, 4) is 5.75 Å². The minimum absolute atomic E-state index is 0.0572. The lowest BCUT2D eigenvalue weighted by molar-refractivity contribution is -0.121. The number of nitrogens with zero attached hydrogens (tertiary/aromatic N) is 3. The monoisotopic (exact) mass is 316 g/mol. The Hall–Kier alpha value is -2.90. The van der Waals surface area contributed by atoms with Crippen molar-refractivity contribution in [2.75, 3.05) is 13.2 Å². The molecule has 0 spiro atoms. The Morgan fingerprint density at radius 2 is 2.26 bits per heavy atom. The molecule has 0 bridgehead atoms. The van der Waals surface area contributed by atoms with Crippen molar-refractivity contribution >= 4 is 11.9 Å². The summed E-state index contributed by atoms with van der Waals surface area (Å²) in [6.45, 7) is 1.17. The fourth-order valence-electron chi connectivity index (χ4n) is 2.42. The number of hydrogen-bond acceptors (Lipinski definition) is 5. The molecule has 0 saturated carbocycles. The van der Waals surface area contributed by atoms with Gasteiger partial charge in [0.25, 0.3) is 0 Å². The first-order chi connectivity index (χ1) is 11.1. The van der Waals surface area contributed by atoms with Crippen LogP contribution in [0.5, 0.6) is 5.75 Å². The van der Waals surface area contributed by atoms with Gasteiger partial charge in [-0.25, -0.2) is 9.48 Å². The van der Waals surface area contributed by atoms with Crippen molar-refractivity contribution in [2.45, 2.75) is 19.4 Å². The van der Waals surface area contributed by atoms with Crippen LogP contribution >= 0.6 is 0 Å². The van der Waals surface area contributed by atoms with Gasteiger partial charge in [-0.2, -0.15) is 0 Å². The Morgan fingerprint density at radius 1 is 1.39 bits per heavy atom. The summed E-state index contributed by atoms with van der Waals surface area (Å²) in [4.78, 5) is 22.5. The quantitative estimate of drug-likeness (QED) is 0.792. The van der Waals surface area contributed by atoms with Crippen LogP contribution in [0.1, 0.15) is 21.6 Å². The molecule has 1 aromatic heterocycles. The Labute approximate surface area is 132 Å². The third-order valence-corrected chi connectivity index (χ3v) is 3.55. The van der Waals surface area contributed by atoms with Crippen LogP contribution in [0.3, 0.4) is 0 Å². The van der Waals surface area contributed by atoms with E-state index in [1.54, 1.807) is 0 Å². The summed E-state index contributed by atoms with van der Waals surface area (Å²) >= 11 is 0. The third-order valence-electron chi connectivity index (χ3n) is 3.55. The molecule has 8 nitrogen and oxygen atoms in total. The highest BCUT2D eigenvalue weighted by Gasteiger charge is 2.12. The second-order valence-electron chi connectivity index (χ2n) is 5.25. The lowest BCUT2D eigenvalue weighted by Gasteiger charge is -2.06. The largest absolute Gasteiger partial charge is 0.493 e. The lowest BCUT2D eigenvalue weighted by atomic mass is 10.1. The third kappa shape index (κ3) is 3.65. The van der Waals surface area contributed by atoms with Gasteiger partial charge in [0.2, 0.25) is 5.91 Å². The molecule has 0 saturated heterocycles. The van der Waals surface area contributed by atoms with Crippen LogP contribution in [-0.4, -0.2) is 45.1 Å². The van der Waals surface area contributed by atoms with Gasteiger partial charge in [0.15, 0.2) is 5.69 Å². The van der Waals surface area contributed by atoms with Gasteiger partial charge in [-0.15, -0.1) is 5.10 Å². The number of fused-ring (bicyclic) bond motifs is 1. The number of nitrogens with one attached hydrogen (secondary N) is 1. The summed E-state index contributed by atoms with van der Waals surface area (Å²) in [5.41, 5.74) is 2.17. The number of benzene rings is 1. The van der Waals surface area contributed by atoms with Gasteiger partial charge < -0.3 is 15.2 Å². The van der Waals surface area contributed by atoms with E-state index in [1.165, 1.54) is 16.4 Å². The van der Waals surface area contributed by atoms with Crippen molar-refractivity contribution in [2.24, 2.45) is 0 Å². The molecule has 2 heterocycles. The smallest absolute Gasteiger partial charge is 0.358 e. The van der Waals surface area contributed by atoms with Crippen LogP contribution < -0.4 is 10.1 Å². The highest BCUT2D eigenvalue weighted by atomic mass is 16.5. The molecule has 120 valence electrons. The molecule has 0 unspecified atom stereocenters. The van der Waals surface area contributed by atoms with E-state index < -0.39 is 5.97 Å². The van der Waals surface area contributed by atoms with Crippen molar-refractivity contribution in [1.82, 2.24) is 20.3 Å². The average molecular weight is 316 g/mol. The fraction of sp³-hybridized carbons (Fsp3) is 0.333. The van der Waals surface area contributed by atoms with Gasteiger partial charge in [0.05, 0.1) is 12.8 Å². The normalized spacial score (nSPS) is 12.5. The predicted molar refractivity (Wildman–Crippen MR) is 79.3 cm³/mol. The van der Waals surface area contributed by atoms with Crippen LogP contribution in [0.4, 0.5) is 0 Å². The zero-order chi connectivity index (χ0) is 16.2. The van der Waals surface area contributed by atoms with Gasteiger partial charge in [-0.1, -0.05) is 17.3 Å². The highest BCUT2D eigenvalue weighted by Crippen LogP contribution is 2.25. The Kier molecular flexibility index (Phi) is 4.22. The first-order valence-corrected chi connectivity index (χ1v) is 7.26. The molecule has 1 aliphatic rings. The summed E-state index contributed by atoms with van der Waals surface area (Å²) < 4.78 is 6.65. The second-order valence-corrected chi connectivity index (χ2v) is 5.25. The van der Waals surface area contributed by atoms with E-state index in [0.29, 0.717) is 6.54 Å². The maximum Gasteiger partial charge on any atom is 0.358 e. The Bertz CT molecular complexity index is 741. The minimum atomic E-state index is -1.17. The number of carboxylic acids is 1. The number of rotatable bonds is 6. The minimum Gasteiger partial charge on any atom is -0.493 e. The van der Waals surface area contributed by atoms with Gasteiger partial charge in [0, 0.05) is 13.0 Å². The summed E-state index contributed by atoms with van der Waals surface area (Å²) in [7, 11) is 0. The van der Waals surface area contributed by atoms with Gasteiger partial charge in [-0.05, 0) is 23.6 Å². The molecule has 0 atom stereocenters. The molecule has 0 fully saturated rings. The van der Waals surface area contributed by atoms with Crippen molar-refractivity contribution < 1.29 is 19.4 Å².